The van der Waals surface area contributed by atoms with Crippen LogP contribution in [0.5, 0.6) is 11.5 Å². The molecule has 4 atom stereocenters. The summed E-state index contributed by atoms with van der Waals surface area (Å²) in [5.41, 5.74) is 0.575. The average molecular weight is 351 g/mol. The fourth-order valence-corrected chi connectivity index (χ4v) is 3.37. The minimum Gasteiger partial charge on any atom is -0.481 e. The first kappa shape index (κ1) is 16.4. The van der Waals surface area contributed by atoms with Gasteiger partial charge in [0.15, 0.2) is 0 Å². The third kappa shape index (κ3) is 3.07. The van der Waals surface area contributed by atoms with E-state index in [1.165, 1.54) is 0 Å². The lowest BCUT2D eigenvalue weighted by molar-refractivity contribution is -0.145. The number of carbonyl (C=O) groups is 2. The first-order valence-corrected chi connectivity index (χ1v) is 8.32. The van der Waals surface area contributed by atoms with Gasteiger partial charge in [-0.05, 0) is 36.4 Å². The SMILES string of the molecule is O=C(O)[C@H]1[C@H](C(=O)Nc2ccc(Oc3ccccc3)cc2)[C@H]2C=C[C@H]1O2. The second-order valence-corrected chi connectivity index (χ2v) is 6.27. The summed E-state index contributed by atoms with van der Waals surface area (Å²) < 4.78 is 11.2. The van der Waals surface area contributed by atoms with E-state index in [0.717, 1.165) is 5.75 Å². The molecule has 1 fully saturated rings. The summed E-state index contributed by atoms with van der Waals surface area (Å²) in [7, 11) is 0. The lowest BCUT2D eigenvalue weighted by Gasteiger charge is -2.21. The van der Waals surface area contributed by atoms with Crippen molar-refractivity contribution in [3.63, 3.8) is 0 Å². The number of hydrogen-bond donors (Lipinski definition) is 2. The van der Waals surface area contributed by atoms with E-state index in [1.807, 2.05) is 30.3 Å². The Morgan fingerprint density at radius 3 is 2.15 bits per heavy atom. The molecular weight excluding hydrogens is 334 g/mol. The Bertz CT molecular complexity index is 846. The van der Waals surface area contributed by atoms with Gasteiger partial charge in [-0.25, -0.2) is 0 Å². The summed E-state index contributed by atoms with van der Waals surface area (Å²) in [6.07, 6.45) is 2.45. The van der Waals surface area contributed by atoms with Gasteiger partial charge in [-0.2, -0.15) is 0 Å². The Morgan fingerprint density at radius 2 is 1.50 bits per heavy atom. The maximum atomic E-state index is 12.6. The molecular formula is C20H17NO5. The van der Waals surface area contributed by atoms with Gasteiger partial charge in [0.05, 0.1) is 18.1 Å². The fraction of sp³-hybridized carbons (Fsp3) is 0.200. The molecule has 2 N–H and O–H groups in total. The molecule has 2 bridgehead atoms. The number of benzene rings is 2. The Kier molecular flexibility index (Phi) is 4.18. The van der Waals surface area contributed by atoms with Crippen molar-refractivity contribution >= 4 is 17.6 Å². The molecule has 0 radical (unpaired) electrons. The smallest absolute Gasteiger partial charge is 0.310 e. The van der Waals surface area contributed by atoms with E-state index in [4.69, 9.17) is 9.47 Å². The Balaban J connectivity index is 1.43. The van der Waals surface area contributed by atoms with Crippen molar-refractivity contribution < 1.29 is 24.2 Å². The molecule has 0 unspecified atom stereocenters. The maximum Gasteiger partial charge on any atom is 0.310 e. The van der Waals surface area contributed by atoms with Crippen LogP contribution >= 0.6 is 0 Å². The minimum absolute atomic E-state index is 0.356. The number of carboxylic acids is 1. The van der Waals surface area contributed by atoms with Crippen LogP contribution in [0.25, 0.3) is 0 Å². The molecule has 1 saturated heterocycles. The van der Waals surface area contributed by atoms with Gasteiger partial charge in [-0.15, -0.1) is 0 Å². The summed E-state index contributed by atoms with van der Waals surface area (Å²) in [5, 5.41) is 12.2. The molecule has 26 heavy (non-hydrogen) atoms. The van der Waals surface area contributed by atoms with Gasteiger partial charge < -0.3 is 19.9 Å². The number of amides is 1. The number of fused-ring (bicyclic) bond motifs is 2. The maximum absolute atomic E-state index is 12.6. The van der Waals surface area contributed by atoms with Crippen LogP contribution in [0.4, 0.5) is 5.69 Å². The van der Waals surface area contributed by atoms with Crippen LogP contribution in [0.15, 0.2) is 66.7 Å². The number of ether oxygens (including phenoxy) is 2. The largest absolute Gasteiger partial charge is 0.481 e. The molecule has 0 spiro atoms. The highest BCUT2D eigenvalue weighted by molar-refractivity contribution is 5.96. The van der Waals surface area contributed by atoms with Crippen LogP contribution in [0.1, 0.15) is 0 Å². The average Bonchev–Trinajstić information content (AvgIpc) is 3.25. The summed E-state index contributed by atoms with van der Waals surface area (Å²) in [6, 6.07) is 16.3. The fourth-order valence-electron chi connectivity index (χ4n) is 3.37. The topological polar surface area (TPSA) is 84.9 Å². The minimum atomic E-state index is -1.02. The van der Waals surface area contributed by atoms with E-state index in [1.54, 1.807) is 36.4 Å². The van der Waals surface area contributed by atoms with Crippen molar-refractivity contribution in [2.24, 2.45) is 11.8 Å². The molecule has 0 aromatic heterocycles. The van der Waals surface area contributed by atoms with E-state index in [9.17, 15) is 14.7 Å². The Labute approximate surface area is 150 Å². The quantitative estimate of drug-likeness (QED) is 0.809. The molecule has 2 aliphatic heterocycles. The third-order valence-corrected chi connectivity index (χ3v) is 4.59. The molecule has 0 aliphatic carbocycles. The number of anilines is 1. The molecule has 132 valence electrons. The van der Waals surface area contributed by atoms with Gasteiger partial charge in [-0.3, -0.25) is 9.59 Å². The van der Waals surface area contributed by atoms with Crippen molar-refractivity contribution in [2.75, 3.05) is 5.32 Å². The zero-order valence-corrected chi connectivity index (χ0v) is 13.7. The van der Waals surface area contributed by atoms with Crippen LogP contribution in [0.3, 0.4) is 0 Å². The highest BCUT2D eigenvalue weighted by Gasteiger charge is 2.53. The van der Waals surface area contributed by atoms with Crippen LogP contribution < -0.4 is 10.1 Å². The molecule has 2 aliphatic rings. The lowest BCUT2D eigenvalue weighted by Crippen LogP contribution is -2.39. The summed E-state index contributed by atoms with van der Waals surface area (Å²) in [4.78, 5) is 24.0. The van der Waals surface area contributed by atoms with Crippen molar-refractivity contribution in [2.45, 2.75) is 12.2 Å². The normalized spacial score (nSPS) is 25.8. The van der Waals surface area contributed by atoms with E-state index in [0.29, 0.717) is 11.4 Å². The molecule has 2 aromatic rings. The standard InChI is InChI=1S/C20H17NO5/c22-19(17-15-10-11-16(26-15)18(17)20(23)24)21-12-6-8-14(9-7-12)25-13-4-2-1-3-5-13/h1-11,15-18H,(H,21,22)(H,23,24)/t15-,16-,17-,18-/m1/s1. The predicted octanol–water partition coefficient (Wildman–Crippen LogP) is 3.07. The van der Waals surface area contributed by atoms with Gasteiger partial charge in [0.2, 0.25) is 5.91 Å². The van der Waals surface area contributed by atoms with E-state index >= 15 is 0 Å². The van der Waals surface area contributed by atoms with Crippen LogP contribution in [-0.4, -0.2) is 29.2 Å². The van der Waals surface area contributed by atoms with E-state index in [-0.39, 0.29) is 5.91 Å². The number of carboxylic acid groups (broad SMARTS) is 1. The number of carbonyl (C=O) groups excluding carboxylic acids is 1. The number of nitrogens with one attached hydrogen (secondary N) is 1. The predicted molar refractivity (Wildman–Crippen MR) is 94.0 cm³/mol. The molecule has 0 saturated carbocycles. The highest BCUT2D eigenvalue weighted by atomic mass is 16.5. The van der Waals surface area contributed by atoms with Gasteiger partial charge in [0, 0.05) is 5.69 Å². The first-order valence-electron chi connectivity index (χ1n) is 8.32. The molecule has 4 rings (SSSR count). The molecule has 6 heteroatoms. The first-order chi connectivity index (χ1) is 12.6. The van der Waals surface area contributed by atoms with Crippen LogP contribution in [-0.2, 0) is 14.3 Å². The third-order valence-electron chi connectivity index (χ3n) is 4.59. The molecule has 2 heterocycles. The zero-order valence-electron chi connectivity index (χ0n) is 13.7. The molecule has 1 amide bonds. The molecule has 2 aromatic carbocycles. The van der Waals surface area contributed by atoms with Crippen molar-refractivity contribution in [1.82, 2.24) is 0 Å². The van der Waals surface area contributed by atoms with E-state index < -0.39 is 30.0 Å². The summed E-state index contributed by atoms with van der Waals surface area (Å²) >= 11 is 0. The van der Waals surface area contributed by atoms with Gasteiger partial charge in [-0.1, -0.05) is 30.4 Å². The van der Waals surface area contributed by atoms with Gasteiger partial charge in [0.25, 0.3) is 0 Å². The molecule has 6 nitrogen and oxygen atoms in total. The lowest BCUT2D eigenvalue weighted by atomic mass is 9.82. The summed E-state index contributed by atoms with van der Waals surface area (Å²) in [5.74, 6) is -1.60. The number of para-hydroxylation sites is 1. The number of hydrogen-bond acceptors (Lipinski definition) is 4. The zero-order chi connectivity index (χ0) is 18.1. The van der Waals surface area contributed by atoms with Crippen LogP contribution in [0.2, 0.25) is 0 Å². The Hall–Kier alpha value is -3.12. The van der Waals surface area contributed by atoms with E-state index in [2.05, 4.69) is 5.32 Å². The summed E-state index contributed by atoms with van der Waals surface area (Å²) in [6.45, 7) is 0. The number of aliphatic carboxylic acids is 1. The second-order valence-electron chi connectivity index (χ2n) is 6.27. The van der Waals surface area contributed by atoms with Crippen molar-refractivity contribution in [3.05, 3.63) is 66.7 Å². The van der Waals surface area contributed by atoms with Crippen molar-refractivity contribution in [3.8, 4) is 11.5 Å². The van der Waals surface area contributed by atoms with Gasteiger partial charge >= 0.3 is 5.97 Å². The van der Waals surface area contributed by atoms with Crippen LogP contribution in [0, 0.1) is 11.8 Å². The van der Waals surface area contributed by atoms with Crippen molar-refractivity contribution in [1.29, 1.82) is 0 Å². The number of rotatable bonds is 5. The monoisotopic (exact) mass is 351 g/mol. The Morgan fingerprint density at radius 1 is 0.885 bits per heavy atom. The highest BCUT2D eigenvalue weighted by Crippen LogP contribution is 2.40. The van der Waals surface area contributed by atoms with Gasteiger partial charge in [0.1, 0.15) is 17.4 Å². The second kappa shape index (κ2) is 6.65.